The summed E-state index contributed by atoms with van der Waals surface area (Å²) < 4.78 is 27.1. The van der Waals surface area contributed by atoms with Crippen molar-refractivity contribution in [3.8, 4) is 0 Å². The molecule has 18 heavy (non-hydrogen) atoms. The van der Waals surface area contributed by atoms with Gasteiger partial charge in [0.25, 0.3) is 0 Å². The number of rotatable bonds is 3. The van der Waals surface area contributed by atoms with Crippen LogP contribution >= 0.6 is 0 Å². The summed E-state index contributed by atoms with van der Waals surface area (Å²) >= 11 is 0. The van der Waals surface area contributed by atoms with E-state index in [1.165, 1.54) is 6.07 Å². The largest absolute Gasteiger partial charge is 0.398 e. The lowest BCUT2D eigenvalue weighted by Gasteiger charge is -2.13. The Balaban J connectivity index is 2.17. The molecule has 0 amide bonds. The van der Waals surface area contributed by atoms with Crippen molar-refractivity contribution in [1.29, 1.82) is 0 Å². The third-order valence-corrected chi connectivity index (χ3v) is 5.10. The summed E-state index contributed by atoms with van der Waals surface area (Å²) in [6.07, 6.45) is 2.92. The first-order valence-electron chi connectivity index (χ1n) is 6.27. The lowest BCUT2D eigenvalue weighted by molar-refractivity contribution is 0.538. The van der Waals surface area contributed by atoms with Crippen molar-refractivity contribution in [2.75, 3.05) is 5.73 Å². The van der Waals surface area contributed by atoms with Gasteiger partial charge in [-0.3, -0.25) is 0 Å². The SMILES string of the molecule is Cc1ccc(S(=O)(=O)NC2CCC(C)C2)cc1N. The molecule has 0 radical (unpaired) electrons. The van der Waals surface area contributed by atoms with Crippen LogP contribution in [0, 0.1) is 12.8 Å². The van der Waals surface area contributed by atoms with Crippen LogP contribution in [-0.2, 0) is 10.0 Å². The first kappa shape index (κ1) is 13.4. The highest BCUT2D eigenvalue weighted by Crippen LogP contribution is 2.26. The Morgan fingerprint density at radius 2 is 2.06 bits per heavy atom. The van der Waals surface area contributed by atoms with E-state index in [4.69, 9.17) is 5.73 Å². The molecule has 0 spiro atoms. The zero-order valence-corrected chi connectivity index (χ0v) is 11.6. The summed E-state index contributed by atoms with van der Waals surface area (Å²) in [7, 11) is -3.44. The van der Waals surface area contributed by atoms with Crippen LogP contribution in [0.4, 0.5) is 5.69 Å². The Morgan fingerprint density at radius 1 is 1.33 bits per heavy atom. The van der Waals surface area contributed by atoms with Crippen LogP contribution in [-0.4, -0.2) is 14.5 Å². The molecule has 5 heteroatoms. The van der Waals surface area contributed by atoms with Gasteiger partial charge in [0.05, 0.1) is 4.90 Å². The minimum atomic E-state index is -3.44. The van der Waals surface area contributed by atoms with Gasteiger partial charge in [-0.1, -0.05) is 13.0 Å². The number of hydrogen-bond acceptors (Lipinski definition) is 3. The van der Waals surface area contributed by atoms with Crippen molar-refractivity contribution in [3.63, 3.8) is 0 Å². The highest BCUT2D eigenvalue weighted by Gasteiger charge is 2.26. The Kier molecular flexibility index (Phi) is 3.64. The molecule has 100 valence electrons. The van der Waals surface area contributed by atoms with Gasteiger partial charge in [0.15, 0.2) is 0 Å². The molecule has 0 aromatic heterocycles. The number of hydrogen-bond donors (Lipinski definition) is 2. The fourth-order valence-electron chi connectivity index (χ4n) is 2.39. The number of sulfonamides is 1. The maximum absolute atomic E-state index is 12.2. The van der Waals surface area contributed by atoms with Crippen molar-refractivity contribution in [2.45, 2.75) is 44.0 Å². The second-order valence-corrected chi connectivity index (χ2v) is 6.97. The van der Waals surface area contributed by atoms with Crippen molar-refractivity contribution in [3.05, 3.63) is 23.8 Å². The summed E-state index contributed by atoms with van der Waals surface area (Å²) in [6, 6.07) is 4.93. The maximum Gasteiger partial charge on any atom is 0.240 e. The molecule has 0 heterocycles. The first-order chi connectivity index (χ1) is 8.38. The molecule has 1 aromatic rings. The van der Waals surface area contributed by atoms with Crippen LogP contribution < -0.4 is 10.5 Å². The van der Waals surface area contributed by atoms with Gasteiger partial charge in [0.1, 0.15) is 0 Å². The monoisotopic (exact) mass is 268 g/mol. The fourth-order valence-corrected chi connectivity index (χ4v) is 3.71. The van der Waals surface area contributed by atoms with E-state index in [0.717, 1.165) is 24.8 Å². The van der Waals surface area contributed by atoms with Crippen LogP contribution in [0.15, 0.2) is 23.1 Å². The molecule has 4 nitrogen and oxygen atoms in total. The Hall–Kier alpha value is -1.07. The molecule has 1 fully saturated rings. The van der Waals surface area contributed by atoms with Gasteiger partial charge in [-0.2, -0.15) is 0 Å². The van der Waals surface area contributed by atoms with Gasteiger partial charge >= 0.3 is 0 Å². The summed E-state index contributed by atoms with van der Waals surface area (Å²) in [4.78, 5) is 0.255. The van der Waals surface area contributed by atoms with Crippen LogP contribution in [0.3, 0.4) is 0 Å². The van der Waals surface area contributed by atoms with Crippen LogP contribution in [0.5, 0.6) is 0 Å². The average molecular weight is 268 g/mol. The average Bonchev–Trinajstić information content (AvgIpc) is 2.67. The van der Waals surface area contributed by atoms with Gasteiger partial charge < -0.3 is 5.73 Å². The molecule has 0 saturated heterocycles. The summed E-state index contributed by atoms with van der Waals surface area (Å²) in [5.74, 6) is 0.598. The Labute approximate surface area is 109 Å². The summed E-state index contributed by atoms with van der Waals surface area (Å²) in [5, 5.41) is 0. The van der Waals surface area contributed by atoms with Crippen LogP contribution in [0.1, 0.15) is 31.7 Å². The zero-order valence-electron chi connectivity index (χ0n) is 10.8. The number of nitrogens with two attached hydrogens (primary N) is 1. The van der Waals surface area contributed by atoms with E-state index in [1.54, 1.807) is 12.1 Å². The molecule has 1 aromatic carbocycles. The second kappa shape index (κ2) is 4.90. The van der Waals surface area contributed by atoms with E-state index in [-0.39, 0.29) is 10.9 Å². The van der Waals surface area contributed by atoms with Gasteiger partial charge in [0, 0.05) is 11.7 Å². The predicted molar refractivity (Wildman–Crippen MR) is 72.7 cm³/mol. The molecule has 1 aliphatic rings. The summed E-state index contributed by atoms with van der Waals surface area (Å²) in [6.45, 7) is 4.01. The minimum absolute atomic E-state index is 0.0625. The quantitative estimate of drug-likeness (QED) is 0.824. The molecule has 1 saturated carbocycles. The summed E-state index contributed by atoms with van der Waals surface area (Å²) in [5.41, 5.74) is 7.16. The molecule has 3 N–H and O–H groups in total. The third-order valence-electron chi connectivity index (χ3n) is 3.58. The lowest BCUT2D eigenvalue weighted by Crippen LogP contribution is -2.33. The van der Waals surface area contributed by atoms with E-state index < -0.39 is 10.0 Å². The van der Waals surface area contributed by atoms with E-state index >= 15 is 0 Å². The van der Waals surface area contributed by atoms with Crippen molar-refractivity contribution in [2.24, 2.45) is 5.92 Å². The van der Waals surface area contributed by atoms with Gasteiger partial charge in [-0.25, -0.2) is 13.1 Å². The Morgan fingerprint density at radius 3 is 2.61 bits per heavy atom. The zero-order chi connectivity index (χ0) is 13.3. The molecule has 2 rings (SSSR count). The highest BCUT2D eigenvalue weighted by molar-refractivity contribution is 7.89. The lowest BCUT2D eigenvalue weighted by atomic mass is 10.1. The van der Waals surface area contributed by atoms with E-state index in [0.29, 0.717) is 11.6 Å². The van der Waals surface area contributed by atoms with Crippen LogP contribution in [0.25, 0.3) is 0 Å². The Bertz CT molecular complexity index is 540. The number of anilines is 1. The fraction of sp³-hybridized carbons (Fsp3) is 0.538. The first-order valence-corrected chi connectivity index (χ1v) is 7.75. The molecule has 1 aliphatic carbocycles. The van der Waals surface area contributed by atoms with Crippen molar-refractivity contribution in [1.82, 2.24) is 4.72 Å². The number of nitrogen functional groups attached to an aromatic ring is 1. The molecule has 2 atom stereocenters. The van der Waals surface area contributed by atoms with Crippen molar-refractivity contribution >= 4 is 15.7 Å². The molecule has 0 aliphatic heterocycles. The molecule has 0 bridgehead atoms. The predicted octanol–water partition coefficient (Wildman–Crippen LogP) is 2.04. The third kappa shape index (κ3) is 2.84. The van der Waals surface area contributed by atoms with Gasteiger partial charge in [0.2, 0.25) is 10.0 Å². The number of benzene rings is 1. The van der Waals surface area contributed by atoms with E-state index in [1.807, 2.05) is 6.92 Å². The van der Waals surface area contributed by atoms with Gasteiger partial charge in [-0.05, 0) is 49.8 Å². The number of aryl methyl sites for hydroxylation is 1. The maximum atomic E-state index is 12.2. The molecular weight excluding hydrogens is 248 g/mol. The topological polar surface area (TPSA) is 72.2 Å². The molecular formula is C13H20N2O2S. The highest BCUT2D eigenvalue weighted by atomic mass is 32.2. The smallest absolute Gasteiger partial charge is 0.240 e. The minimum Gasteiger partial charge on any atom is -0.398 e. The molecule has 2 unspecified atom stereocenters. The van der Waals surface area contributed by atoms with E-state index in [9.17, 15) is 8.42 Å². The number of nitrogens with one attached hydrogen (secondary N) is 1. The van der Waals surface area contributed by atoms with Crippen molar-refractivity contribution < 1.29 is 8.42 Å². The van der Waals surface area contributed by atoms with E-state index in [2.05, 4.69) is 11.6 Å². The van der Waals surface area contributed by atoms with Gasteiger partial charge in [-0.15, -0.1) is 0 Å². The standard InChI is InChI=1S/C13H20N2O2S/c1-9-3-5-11(7-9)15-18(16,17)12-6-4-10(2)13(14)8-12/h4,6,8-9,11,15H,3,5,7,14H2,1-2H3. The normalized spacial score (nSPS) is 24.3. The second-order valence-electron chi connectivity index (χ2n) is 5.25. The van der Waals surface area contributed by atoms with Crippen LogP contribution in [0.2, 0.25) is 0 Å².